The predicted molar refractivity (Wildman–Crippen MR) is 94.1 cm³/mol. The number of carbonyl (C=O) groups excluding carboxylic acids is 1. The van der Waals surface area contributed by atoms with Crippen molar-refractivity contribution in [1.29, 1.82) is 0 Å². The summed E-state index contributed by atoms with van der Waals surface area (Å²) in [6, 6.07) is 7.95. The van der Waals surface area contributed by atoms with Gasteiger partial charge >= 0.3 is 0 Å². The molecule has 0 radical (unpaired) electrons. The number of likely N-dealkylation sites (tertiary alicyclic amines) is 1. The second-order valence-corrected chi connectivity index (χ2v) is 6.83. The number of carbonyl (C=O) groups is 1. The van der Waals surface area contributed by atoms with Crippen molar-refractivity contribution < 1.29 is 9.53 Å². The average Bonchev–Trinajstić information content (AvgIpc) is 3.32. The highest BCUT2D eigenvalue weighted by atomic mass is 16.5. The van der Waals surface area contributed by atoms with Crippen LogP contribution >= 0.6 is 0 Å². The van der Waals surface area contributed by atoms with Crippen molar-refractivity contribution in [2.45, 2.75) is 38.4 Å². The van der Waals surface area contributed by atoms with Crippen molar-refractivity contribution in [2.24, 2.45) is 0 Å². The van der Waals surface area contributed by atoms with E-state index in [0.29, 0.717) is 6.42 Å². The summed E-state index contributed by atoms with van der Waals surface area (Å²) >= 11 is 0. The first-order valence-electron chi connectivity index (χ1n) is 8.91. The van der Waals surface area contributed by atoms with Gasteiger partial charge in [0.05, 0.1) is 30.9 Å². The highest BCUT2D eigenvalue weighted by molar-refractivity contribution is 5.82. The van der Waals surface area contributed by atoms with E-state index in [2.05, 4.69) is 27.0 Å². The van der Waals surface area contributed by atoms with Crippen LogP contribution in [0.4, 0.5) is 0 Å². The molecule has 2 aliphatic heterocycles. The number of fused-ring (bicyclic) bond motifs is 1. The molecule has 0 unspecified atom stereocenters. The SMILES string of the molecule is COc1ccc(CN2Cc3[nH]cnc3C[C@H]2C(=O)N2CCCC2)cc1. The molecule has 1 aromatic carbocycles. The van der Waals surface area contributed by atoms with Gasteiger partial charge in [-0.05, 0) is 30.5 Å². The first-order chi connectivity index (χ1) is 12.2. The second-order valence-electron chi connectivity index (χ2n) is 6.83. The Kier molecular flexibility index (Phi) is 4.44. The highest BCUT2D eigenvalue weighted by Gasteiger charge is 2.36. The van der Waals surface area contributed by atoms with Crippen LogP contribution in [0.25, 0.3) is 0 Å². The molecule has 6 nitrogen and oxygen atoms in total. The minimum atomic E-state index is -0.129. The van der Waals surface area contributed by atoms with E-state index in [1.165, 1.54) is 5.56 Å². The van der Waals surface area contributed by atoms with Crippen molar-refractivity contribution in [3.05, 3.63) is 47.5 Å². The van der Waals surface area contributed by atoms with Gasteiger partial charge in [0.25, 0.3) is 0 Å². The summed E-state index contributed by atoms with van der Waals surface area (Å²) in [5.74, 6) is 1.10. The molecule has 4 rings (SSSR count). The third-order valence-corrected chi connectivity index (χ3v) is 5.24. The van der Waals surface area contributed by atoms with E-state index in [1.54, 1.807) is 13.4 Å². The van der Waals surface area contributed by atoms with Crippen LogP contribution in [-0.4, -0.2) is 51.9 Å². The number of hydrogen-bond acceptors (Lipinski definition) is 4. The number of nitrogens with zero attached hydrogens (tertiary/aromatic N) is 3. The molecule has 132 valence electrons. The van der Waals surface area contributed by atoms with Gasteiger partial charge < -0.3 is 14.6 Å². The van der Waals surface area contributed by atoms with Crippen molar-refractivity contribution in [2.75, 3.05) is 20.2 Å². The van der Waals surface area contributed by atoms with Gasteiger partial charge in [0.1, 0.15) is 5.75 Å². The van der Waals surface area contributed by atoms with Crippen molar-refractivity contribution in [3.8, 4) is 5.75 Å². The molecule has 3 heterocycles. The first-order valence-corrected chi connectivity index (χ1v) is 8.91. The summed E-state index contributed by atoms with van der Waals surface area (Å²) in [5, 5.41) is 0. The lowest BCUT2D eigenvalue weighted by Crippen LogP contribution is -2.50. The van der Waals surface area contributed by atoms with Crippen LogP contribution in [0.5, 0.6) is 5.75 Å². The van der Waals surface area contributed by atoms with Crippen molar-refractivity contribution >= 4 is 5.91 Å². The monoisotopic (exact) mass is 340 g/mol. The van der Waals surface area contributed by atoms with Crippen LogP contribution in [0, 0.1) is 0 Å². The van der Waals surface area contributed by atoms with Crippen LogP contribution in [0.2, 0.25) is 0 Å². The number of nitrogens with one attached hydrogen (secondary N) is 1. The van der Waals surface area contributed by atoms with Crippen molar-refractivity contribution in [1.82, 2.24) is 19.8 Å². The van der Waals surface area contributed by atoms with E-state index in [-0.39, 0.29) is 11.9 Å². The molecule has 2 aromatic rings. The molecule has 1 N–H and O–H groups in total. The Morgan fingerprint density at radius 3 is 2.76 bits per heavy atom. The van der Waals surface area contributed by atoms with Gasteiger partial charge in [0.15, 0.2) is 0 Å². The zero-order valence-electron chi connectivity index (χ0n) is 14.6. The topological polar surface area (TPSA) is 61.5 Å². The van der Waals surface area contributed by atoms with Crippen LogP contribution in [0.3, 0.4) is 0 Å². The number of H-pyrrole nitrogens is 1. The second kappa shape index (κ2) is 6.88. The Hall–Kier alpha value is -2.34. The molecule has 6 heteroatoms. The van der Waals surface area contributed by atoms with Crippen LogP contribution < -0.4 is 4.74 Å². The van der Waals surface area contributed by atoms with E-state index >= 15 is 0 Å². The van der Waals surface area contributed by atoms with Crippen LogP contribution in [0.15, 0.2) is 30.6 Å². The molecule has 1 atom stereocenters. The Labute approximate surface area is 147 Å². The maximum atomic E-state index is 13.1. The summed E-state index contributed by atoms with van der Waals surface area (Å²) in [7, 11) is 1.67. The normalized spacial score (nSPS) is 20.5. The van der Waals surface area contributed by atoms with Gasteiger partial charge in [0, 0.05) is 32.6 Å². The predicted octanol–water partition coefficient (Wildman–Crippen LogP) is 1.97. The number of rotatable bonds is 4. The van der Waals surface area contributed by atoms with Gasteiger partial charge in [-0.1, -0.05) is 12.1 Å². The average molecular weight is 340 g/mol. The summed E-state index contributed by atoms with van der Waals surface area (Å²) in [6.07, 6.45) is 4.65. The van der Waals surface area contributed by atoms with E-state index in [1.807, 2.05) is 17.0 Å². The molecule has 0 spiro atoms. The lowest BCUT2D eigenvalue weighted by Gasteiger charge is -2.36. The number of benzene rings is 1. The molecule has 0 saturated carbocycles. The minimum absolute atomic E-state index is 0.129. The molecule has 1 aromatic heterocycles. The van der Waals surface area contributed by atoms with Gasteiger partial charge in [-0.15, -0.1) is 0 Å². The third-order valence-electron chi connectivity index (χ3n) is 5.24. The summed E-state index contributed by atoms with van der Waals surface area (Å²) in [4.78, 5) is 25.0. The number of methoxy groups -OCH3 is 1. The molecule has 0 aliphatic carbocycles. The lowest BCUT2D eigenvalue weighted by molar-refractivity contribution is -0.136. The maximum absolute atomic E-state index is 13.1. The molecule has 25 heavy (non-hydrogen) atoms. The van der Waals surface area contributed by atoms with E-state index in [9.17, 15) is 4.79 Å². The number of imidazole rings is 1. The number of hydrogen-bond donors (Lipinski definition) is 1. The van der Waals surface area contributed by atoms with E-state index < -0.39 is 0 Å². The molecule has 0 bridgehead atoms. The zero-order valence-corrected chi connectivity index (χ0v) is 14.6. The fourth-order valence-electron chi connectivity index (χ4n) is 3.81. The third kappa shape index (κ3) is 3.26. The number of amides is 1. The first kappa shape index (κ1) is 16.1. The largest absolute Gasteiger partial charge is 0.497 e. The molecular weight excluding hydrogens is 316 g/mol. The fourth-order valence-corrected chi connectivity index (χ4v) is 3.81. The van der Waals surface area contributed by atoms with Crippen LogP contribution in [-0.2, 0) is 24.3 Å². The Morgan fingerprint density at radius 2 is 2.04 bits per heavy atom. The van der Waals surface area contributed by atoms with E-state index in [4.69, 9.17) is 4.74 Å². The smallest absolute Gasteiger partial charge is 0.240 e. The molecular formula is C19H24N4O2. The molecule has 1 amide bonds. The van der Waals surface area contributed by atoms with Crippen LogP contribution in [0.1, 0.15) is 29.8 Å². The Morgan fingerprint density at radius 1 is 1.28 bits per heavy atom. The van der Waals surface area contributed by atoms with E-state index in [0.717, 1.165) is 56.2 Å². The van der Waals surface area contributed by atoms with Gasteiger partial charge in [0.2, 0.25) is 5.91 Å². The summed E-state index contributed by atoms with van der Waals surface area (Å²) < 4.78 is 5.23. The Balaban J connectivity index is 1.56. The number of ether oxygens (including phenoxy) is 1. The fraction of sp³-hybridized carbons (Fsp3) is 0.474. The molecule has 1 fully saturated rings. The quantitative estimate of drug-likeness (QED) is 0.924. The molecule has 1 saturated heterocycles. The maximum Gasteiger partial charge on any atom is 0.240 e. The zero-order chi connectivity index (χ0) is 17.2. The Bertz CT molecular complexity index is 734. The standard InChI is InChI=1S/C19H24N4O2/c1-25-15-6-4-14(5-7-15)11-23-12-17-16(20-13-21-17)10-18(23)19(24)22-8-2-3-9-22/h4-7,13,18H,2-3,8-12H2,1H3,(H,20,21)/t18-/m0/s1. The summed E-state index contributed by atoms with van der Waals surface area (Å²) in [5.41, 5.74) is 3.34. The van der Waals surface area contributed by atoms with Gasteiger partial charge in [-0.3, -0.25) is 9.69 Å². The van der Waals surface area contributed by atoms with Gasteiger partial charge in [-0.25, -0.2) is 4.98 Å². The lowest BCUT2D eigenvalue weighted by atomic mass is 10.00. The number of aromatic amines is 1. The summed E-state index contributed by atoms with van der Waals surface area (Å²) in [6.45, 7) is 3.25. The van der Waals surface area contributed by atoms with Crippen molar-refractivity contribution in [3.63, 3.8) is 0 Å². The minimum Gasteiger partial charge on any atom is -0.497 e. The highest BCUT2D eigenvalue weighted by Crippen LogP contribution is 2.25. The molecule has 2 aliphatic rings. The number of aromatic nitrogens is 2. The van der Waals surface area contributed by atoms with Gasteiger partial charge in [-0.2, -0.15) is 0 Å².